The van der Waals surface area contributed by atoms with Gasteiger partial charge in [0.15, 0.2) is 0 Å². The van der Waals surface area contributed by atoms with E-state index < -0.39 is 0 Å². The molecule has 1 heterocycles. The summed E-state index contributed by atoms with van der Waals surface area (Å²) in [6.45, 7) is 16.3. The zero-order chi connectivity index (χ0) is 26.3. The summed E-state index contributed by atoms with van der Waals surface area (Å²) in [7, 11) is 0. The number of fused-ring (bicyclic) bond motifs is 2. The standard InChI is InChI=1S/C32H50N2O2/c1-31(2,3)25-15-17-27-29(23-25)33(19-11-7-9-13-21-35)28-18-16-26(32(4,5)6)24-30(28)34(27)20-12-8-10-14-22-36/h15-18,23-24,35-36H,7-14,19-22H2,1-6H3. The fraction of sp³-hybridized carbons (Fsp3) is 0.625. The number of unbranched alkanes of at least 4 members (excludes halogenated alkanes) is 6. The summed E-state index contributed by atoms with van der Waals surface area (Å²) in [6.07, 6.45) is 8.43. The van der Waals surface area contributed by atoms with Gasteiger partial charge in [0.1, 0.15) is 0 Å². The number of aliphatic hydroxyl groups is 2. The van der Waals surface area contributed by atoms with Crippen molar-refractivity contribution in [2.75, 3.05) is 36.1 Å². The van der Waals surface area contributed by atoms with E-state index in [2.05, 4.69) is 87.7 Å². The molecule has 0 atom stereocenters. The Morgan fingerprint density at radius 3 is 1.19 bits per heavy atom. The van der Waals surface area contributed by atoms with Crippen molar-refractivity contribution >= 4 is 22.7 Å². The normalized spacial score (nSPS) is 13.7. The Balaban J connectivity index is 2.04. The van der Waals surface area contributed by atoms with Crippen LogP contribution in [0, 0.1) is 0 Å². The van der Waals surface area contributed by atoms with Gasteiger partial charge in [0, 0.05) is 26.3 Å². The molecule has 36 heavy (non-hydrogen) atoms. The quantitative estimate of drug-likeness (QED) is 0.294. The maximum absolute atomic E-state index is 9.19. The summed E-state index contributed by atoms with van der Waals surface area (Å²) >= 11 is 0. The van der Waals surface area contributed by atoms with Crippen molar-refractivity contribution in [2.45, 2.75) is 104 Å². The van der Waals surface area contributed by atoms with E-state index in [0.717, 1.165) is 64.5 Å². The molecule has 1 aliphatic heterocycles. The lowest BCUT2D eigenvalue weighted by Gasteiger charge is -2.42. The molecule has 2 N–H and O–H groups in total. The van der Waals surface area contributed by atoms with Crippen LogP contribution in [0.1, 0.15) is 104 Å². The number of anilines is 4. The van der Waals surface area contributed by atoms with Crippen molar-refractivity contribution in [1.29, 1.82) is 0 Å². The molecule has 1 aliphatic rings. The number of aliphatic hydroxyl groups excluding tert-OH is 2. The SMILES string of the molecule is CC(C)(C)c1ccc2c(c1)N(CCCCCCO)c1ccc(C(C)(C)C)cc1N2CCCCCCO. The average Bonchev–Trinajstić information content (AvgIpc) is 2.82. The minimum Gasteiger partial charge on any atom is -0.396 e. The molecule has 2 aromatic rings. The fourth-order valence-corrected chi connectivity index (χ4v) is 5.08. The summed E-state index contributed by atoms with van der Waals surface area (Å²) < 4.78 is 0. The minimum absolute atomic E-state index is 0.0906. The molecule has 0 saturated carbocycles. The van der Waals surface area contributed by atoms with Crippen LogP contribution in [-0.2, 0) is 10.8 Å². The molecular weight excluding hydrogens is 444 g/mol. The Bertz CT molecular complexity index is 892. The maximum Gasteiger partial charge on any atom is 0.0655 e. The van der Waals surface area contributed by atoms with Crippen molar-refractivity contribution in [3.63, 3.8) is 0 Å². The van der Waals surface area contributed by atoms with Crippen LogP contribution in [0.15, 0.2) is 36.4 Å². The first-order valence-electron chi connectivity index (χ1n) is 14.1. The summed E-state index contributed by atoms with van der Waals surface area (Å²) in [4.78, 5) is 5.10. The lowest BCUT2D eigenvalue weighted by atomic mass is 9.85. The van der Waals surface area contributed by atoms with Gasteiger partial charge in [-0.2, -0.15) is 0 Å². The lowest BCUT2D eigenvalue weighted by molar-refractivity contribution is 0.282. The van der Waals surface area contributed by atoms with Gasteiger partial charge in [0.2, 0.25) is 0 Å². The van der Waals surface area contributed by atoms with Gasteiger partial charge in [-0.15, -0.1) is 0 Å². The van der Waals surface area contributed by atoms with Gasteiger partial charge in [0.05, 0.1) is 22.7 Å². The van der Waals surface area contributed by atoms with Crippen molar-refractivity contribution in [3.05, 3.63) is 47.5 Å². The van der Waals surface area contributed by atoms with Crippen molar-refractivity contribution in [3.8, 4) is 0 Å². The first kappa shape index (κ1) is 28.5. The molecule has 0 unspecified atom stereocenters. The van der Waals surface area contributed by atoms with Crippen LogP contribution >= 0.6 is 0 Å². The van der Waals surface area contributed by atoms with E-state index in [0.29, 0.717) is 0 Å². The topological polar surface area (TPSA) is 46.9 Å². The van der Waals surface area contributed by atoms with Crippen LogP contribution in [0.4, 0.5) is 22.7 Å². The van der Waals surface area contributed by atoms with Crippen LogP contribution < -0.4 is 9.80 Å². The number of nitrogens with zero attached hydrogens (tertiary/aromatic N) is 2. The Hall–Kier alpha value is -2.04. The van der Waals surface area contributed by atoms with Gasteiger partial charge >= 0.3 is 0 Å². The molecule has 0 spiro atoms. The third kappa shape index (κ3) is 7.04. The maximum atomic E-state index is 9.19. The monoisotopic (exact) mass is 494 g/mol. The van der Waals surface area contributed by atoms with Crippen LogP contribution in [0.25, 0.3) is 0 Å². The highest BCUT2D eigenvalue weighted by molar-refractivity contribution is 5.93. The van der Waals surface area contributed by atoms with E-state index >= 15 is 0 Å². The van der Waals surface area contributed by atoms with Crippen LogP contribution in [0.5, 0.6) is 0 Å². The molecule has 0 aliphatic carbocycles. The van der Waals surface area contributed by atoms with E-state index in [1.807, 2.05) is 0 Å². The fourth-order valence-electron chi connectivity index (χ4n) is 5.08. The third-order valence-corrected chi connectivity index (χ3v) is 7.43. The molecule has 200 valence electrons. The highest BCUT2D eigenvalue weighted by atomic mass is 16.3. The molecular formula is C32H50N2O2. The zero-order valence-corrected chi connectivity index (χ0v) is 23.7. The van der Waals surface area contributed by atoms with Crippen molar-refractivity contribution < 1.29 is 10.2 Å². The zero-order valence-electron chi connectivity index (χ0n) is 23.7. The van der Waals surface area contributed by atoms with Crippen molar-refractivity contribution in [1.82, 2.24) is 0 Å². The first-order valence-corrected chi connectivity index (χ1v) is 14.1. The first-order chi connectivity index (χ1) is 17.1. The molecule has 0 bridgehead atoms. The average molecular weight is 495 g/mol. The Morgan fingerprint density at radius 2 is 0.861 bits per heavy atom. The van der Waals surface area contributed by atoms with Gasteiger partial charge in [-0.1, -0.05) is 79.4 Å². The van der Waals surface area contributed by atoms with Gasteiger partial charge in [-0.3, -0.25) is 0 Å². The summed E-state index contributed by atoms with van der Waals surface area (Å²) in [5.41, 5.74) is 8.15. The summed E-state index contributed by atoms with van der Waals surface area (Å²) in [5, 5.41) is 18.4. The summed E-state index contributed by atoms with van der Waals surface area (Å²) in [5.74, 6) is 0. The highest BCUT2D eigenvalue weighted by Crippen LogP contribution is 2.50. The van der Waals surface area contributed by atoms with Crippen LogP contribution in [0.2, 0.25) is 0 Å². The molecule has 0 radical (unpaired) electrons. The van der Waals surface area contributed by atoms with Crippen LogP contribution in [0.3, 0.4) is 0 Å². The van der Waals surface area contributed by atoms with Gasteiger partial charge in [-0.05, 0) is 71.9 Å². The highest BCUT2D eigenvalue weighted by Gasteiger charge is 2.30. The molecule has 4 heteroatoms. The van der Waals surface area contributed by atoms with E-state index in [-0.39, 0.29) is 24.0 Å². The Kier molecular flexibility index (Phi) is 9.88. The number of rotatable bonds is 12. The Morgan fingerprint density at radius 1 is 0.500 bits per heavy atom. The third-order valence-electron chi connectivity index (χ3n) is 7.43. The second kappa shape index (κ2) is 12.5. The van der Waals surface area contributed by atoms with E-state index in [9.17, 15) is 10.2 Å². The van der Waals surface area contributed by atoms with Crippen molar-refractivity contribution in [2.24, 2.45) is 0 Å². The molecule has 0 aromatic heterocycles. The molecule has 0 fully saturated rings. The number of hydrogen-bond donors (Lipinski definition) is 2. The predicted molar refractivity (Wildman–Crippen MR) is 155 cm³/mol. The van der Waals surface area contributed by atoms with Gasteiger partial charge in [-0.25, -0.2) is 0 Å². The lowest BCUT2D eigenvalue weighted by Crippen LogP contribution is -2.32. The van der Waals surface area contributed by atoms with E-state index in [1.54, 1.807) is 0 Å². The van der Waals surface area contributed by atoms with E-state index in [1.165, 1.54) is 33.9 Å². The Labute approximate surface area is 220 Å². The van der Waals surface area contributed by atoms with Gasteiger partial charge < -0.3 is 20.0 Å². The molecule has 0 amide bonds. The minimum atomic E-state index is 0.0906. The smallest absolute Gasteiger partial charge is 0.0655 e. The van der Waals surface area contributed by atoms with Crippen LogP contribution in [-0.4, -0.2) is 36.5 Å². The number of benzene rings is 2. The van der Waals surface area contributed by atoms with E-state index in [4.69, 9.17) is 0 Å². The predicted octanol–water partition coefficient (Wildman–Crippen LogP) is 7.98. The molecule has 0 saturated heterocycles. The van der Waals surface area contributed by atoms with Gasteiger partial charge in [0.25, 0.3) is 0 Å². The second-order valence-corrected chi connectivity index (χ2v) is 12.5. The summed E-state index contributed by atoms with van der Waals surface area (Å²) in [6, 6.07) is 14.2. The number of hydrogen-bond acceptors (Lipinski definition) is 4. The largest absolute Gasteiger partial charge is 0.396 e. The molecule has 3 rings (SSSR count). The molecule has 2 aromatic carbocycles. The molecule has 4 nitrogen and oxygen atoms in total. The second-order valence-electron chi connectivity index (χ2n) is 12.5.